The van der Waals surface area contributed by atoms with Crippen LogP contribution in [-0.4, -0.2) is 57.0 Å². The predicted octanol–water partition coefficient (Wildman–Crippen LogP) is 5.22. The van der Waals surface area contributed by atoms with Crippen molar-refractivity contribution in [1.82, 2.24) is 10.2 Å². The molecule has 1 N–H and O–H groups in total. The van der Waals surface area contributed by atoms with Gasteiger partial charge in [0.1, 0.15) is 25.8 Å². The van der Waals surface area contributed by atoms with Crippen LogP contribution in [0.25, 0.3) is 0 Å². The number of aryl methyl sites for hydroxylation is 1. The zero-order chi connectivity index (χ0) is 31.1. The van der Waals surface area contributed by atoms with Gasteiger partial charge in [-0.25, -0.2) is 8.42 Å². The van der Waals surface area contributed by atoms with Crippen LogP contribution in [-0.2, 0) is 26.2 Å². The second-order valence-corrected chi connectivity index (χ2v) is 13.3. The van der Waals surface area contributed by atoms with E-state index in [9.17, 15) is 18.0 Å². The molecule has 2 amide bonds. The van der Waals surface area contributed by atoms with Crippen molar-refractivity contribution in [1.29, 1.82) is 0 Å². The van der Waals surface area contributed by atoms with Crippen molar-refractivity contribution < 1.29 is 27.5 Å². The largest absolute Gasteiger partial charge is 0.486 e. The highest BCUT2D eigenvalue weighted by Gasteiger charge is 2.35. The average molecular weight is 620 g/mol. The van der Waals surface area contributed by atoms with E-state index in [0.717, 1.165) is 47.5 Å². The first-order valence-corrected chi connectivity index (χ1v) is 16.8. The van der Waals surface area contributed by atoms with Crippen molar-refractivity contribution in [2.75, 3.05) is 24.1 Å². The van der Waals surface area contributed by atoms with Gasteiger partial charge in [0.25, 0.3) is 10.0 Å². The third-order valence-electron chi connectivity index (χ3n) is 8.23. The van der Waals surface area contributed by atoms with Crippen molar-refractivity contribution >= 4 is 27.5 Å². The van der Waals surface area contributed by atoms with E-state index in [-0.39, 0.29) is 29.1 Å². The van der Waals surface area contributed by atoms with E-state index in [0.29, 0.717) is 31.1 Å². The number of sulfonamides is 1. The maximum atomic E-state index is 14.3. The number of carbonyl (C=O) groups excluding carboxylic acids is 2. The minimum Gasteiger partial charge on any atom is -0.486 e. The summed E-state index contributed by atoms with van der Waals surface area (Å²) in [6, 6.07) is 20.0. The molecule has 2 aliphatic rings. The van der Waals surface area contributed by atoms with Crippen LogP contribution in [0.3, 0.4) is 0 Å². The van der Waals surface area contributed by atoms with Crippen molar-refractivity contribution in [3.05, 3.63) is 83.9 Å². The summed E-state index contributed by atoms with van der Waals surface area (Å²) >= 11 is 0. The summed E-state index contributed by atoms with van der Waals surface area (Å²) in [5.41, 5.74) is 2.19. The van der Waals surface area contributed by atoms with Crippen LogP contribution in [0, 0.1) is 6.92 Å². The third kappa shape index (κ3) is 7.35. The van der Waals surface area contributed by atoms with Gasteiger partial charge in [0.2, 0.25) is 11.8 Å². The molecule has 3 aromatic rings. The molecule has 3 aromatic carbocycles. The van der Waals surface area contributed by atoms with Gasteiger partial charge in [0.15, 0.2) is 11.5 Å². The smallest absolute Gasteiger partial charge is 0.264 e. The number of anilines is 1. The van der Waals surface area contributed by atoms with Crippen LogP contribution >= 0.6 is 0 Å². The van der Waals surface area contributed by atoms with Crippen LogP contribution < -0.4 is 19.1 Å². The number of amides is 2. The molecular formula is C34H41N3O6S. The molecular weight excluding hydrogens is 578 g/mol. The second kappa shape index (κ2) is 14.2. The SMILES string of the molecule is CCC(C(=O)NC1CCCCC1)N(Cc1ccc(C)cc1)C(=O)CN(c1ccc2c(c1)OCCO2)S(=O)(=O)c1ccccc1. The van der Waals surface area contributed by atoms with E-state index >= 15 is 0 Å². The van der Waals surface area contributed by atoms with Gasteiger partial charge >= 0.3 is 0 Å². The lowest BCUT2D eigenvalue weighted by molar-refractivity contribution is -0.140. The molecule has 1 aliphatic carbocycles. The number of fused-ring (bicyclic) bond motifs is 1. The predicted molar refractivity (Wildman–Crippen MR) is 169 cm³/mol. The van der Waals surface area contributed by atoms with Gasteiger partial charge in [-0.2, -0.15) is 0 Å². The van der Waals surface area contributed by atoms with Gasteiger partial charge < -0.3 is 19.7 Å². The number of rotatable bonds is 11. The lowest BCUT2D eigenvalue weighted by atomic mass is 9.95. The number of nitrogens with zero attached hydrogens (tertiary/aromatic N) is 2. The maximum Gasteiger partial charge on any atom is 0.264 e. The van der Waals surface area contributed by atoms with Gasteiger partial charge in [0.05, 0.1) is 10.6 Å². The van der Waals surface area contributed by atoms with E-state index in [1.807, 2.05) is 38.1 Å². The standard InChI is InChI=1S/C34H41N3O6S/c1-3-30(34(39)35-27-10-6-4-7-11-27)36(23-26-16-14-25(2)15-17-26)33(38)24-37(44(40,41)29-12-8-5-9-13-29)28-18-19-31-32(22-28)43-21-20-42-31/h5,8-9,12-19,22,27,30H,3-4,6-7,10-11,20-21,23-24H2,1-2H3,(H,35,39). The Balaban J connectivity index is 1.50. The fourth-order valence-corrected chi connectivity index (χ4v) is 7.22. The first-order valence-electron chi connectivity index (χ1n) is 15.4. The maximum absolute atomic E-state index is 14.3. The molecule has 9 nitrogen and oxygen atoms in total. The molecule has 1 aliphatic heterocycles. The molecule has 44 heavy (non-hydrogen) atoms. The van der Waals surface area contributed by atoms with Gasteiger partial charge in [-0.1, -0.05) is 74.2 Å². The molecule has 1 saturated carbocycles. The van der Waals surface area contributed by atoms with Gasteiger partial charge in [0, 0.05) is 18.7 Å². The van der Waals surface area contributed by atoms with Crippen molar-refractivity contribution in [3.8, 4) is 11.5 Å². The summed E-state index contributed by atoms with van der Waals surface area (Å²) in [4.78, 5) is 29.6. The number of hydrogen-bond acceptors (Lipinski definition) is 6. The van der Waals surface area contributed by atoms with Gasteiger partial charge in [-0.3, -0.25) is 13.9 Å². The zero-order valence-corrected chi connectivity index (χ0v) is 26.2. The first-order chi connectivity index (χ1) is 21.3. The van der Waals surface area contributed by atoms with E-state index in [1.165, 1.54) is 17.0 Å². The number of hydrogen-bond donors (Lipinski definition) is 1. The summed E-state index contributed by atoms with van der Waals surface area (Å²) < 4.78 is 40.7. The van der Waals surface area contributed by atoms with E-state index in [2.05, 4.69) is 5.32 Å². The van der Waals surface area contributed by atoms with Crippen LogP contribution in [0.5, 0.6) is 11.5 Å². The first kappa shape index (κ1) is 31.4. The monoisotopic (exact) mass is 619 g/mol. The highest BCUT2D eigenvalue weighted by molar-refractivity contribution is 7.92. The number of nitrogens with one attached hydrogen (secondary N) is 1. The molecule has 0 radical (unpaired) electrons. The molecule has 1 heterocycles. The molecule has 0 spiro atoms. The Morgan fingerprint density at radius 3 is 2.27 bits per heavy atom. The average Bonchev–Trinajstić information content (AvgIpc) is 3.05. The lowest BCUT2D eigenvalue weighted by Gasteiger charge is -2.34. The van der Waals surface area contributed by atoms with Crippen LogP contribution in [0.4, 0.5) is 5.69 Å². The highest BCUT2D eigenvalue weighted by Crippen LogP contribution is 2.36. The molecule has 234 valence electrons. The Kier molecular flexibility index (Phi) is 10.1. The van der Waals surface area contributed by atoms with Gasteiger partial charge in [-0.05, 0) is 56.0 Å². The minimum atomic E-state index is -4.17. The minimum absolute atomic E-state index is 0.0508. The number of carbonyl (C=O) groups is 2. The Bertz CT molecular complexity index is 1540. The quantitative estimate of drug-likeness (QED) is 0.316. The van der Waals surface area contributed by atoms with Crippen LogP contribution in [0.15, 0.2) is 77.7 Å². The van der Waals surface area contributed by atoms with Crippen molar-refractivity contribution in [2.45, 2.75) is 75.9 Å². The fourth-order valence-electron chi connectivity index (χ4n) is 5.79. The lowest BCUT2D eigenvalue weighted by Crippen LogP contribution is -2.54. The molecule has 1 unspecified atom stereocenters. The Morgan fingerprint density at radius 1 is 0.909 bits per heavy atom. The summed E-state index contributed by atoms with van der Waals surface area (Å²) in [6.45, 7) is 4.25. The fraction of sp³-hybridized carbons (Fsp3) is 0.412. The van der Waals surface area contributed by atoms with Gasteiger partial charge in [-0.15, -0.1) is 0 Å². The molecule has 1 atom stereocenters. The molecule has 0 saturated heterocycles. The summed E-state index contributed by atoms with van der Waals surface area (Å²) in [5, 5.41) is 3.18. The van der Waals surface area contributed by atoms with Crippen LogP contribution in [0.1, 0.15) is 56.6 Å². The van der Waals surface area contributed by atoms with Crippen molar-refractivity contribution in [3.63, 3.8) is 0 Å². The molecule has 0 aromatic heterocycles. The second-order valence-electron chi connectivity index (χ2n) is 11.4. The van der Waals surface area contributed by atoms with E-state index < -0.39 is 28.5 Å². The molecule has 1 fully saturated rings. The topological polar surface area (TPSA) is 105 Å². The molecule has 0 bridgehead atoms. The zero-order valence-electron chi connectivity index (χ0n) is 25.4. The number of benzene rings is 3. The Labute approximate surface area is 260 Å². The molecule has 10 heteroatoms. The van der Waals surface area contributed by atoms with Crippen molar-refractivity contribution in [2.24, 2.45) is 0 Å². The normalized spacial score (nSPS) is 15.7. The third-order valence-corrected chi connectivity index (χ3v) is 10.0. The van der Waals surface area contributed by atoms with E-state index in [4.69, 9.17) is 9.47 Å². The summed E-state index contributed by atoms with van der Waals surface area (Å²) in [5.74, 6) is 0.223. The Morgan fingerprint density at radius 2 is 1.59 bits per heavy atom. The summed E-state index contributed by atoms with van der Waals surface area (Å²) in [6.07, 6.45) is 5.51. The molecule has 5 rings (SSSR count). The van der Waals surface area contributed by atoms with Crippen LogP contribution in [0.2, 0.25) is 0 Å². The number of ether oxygens (including phenoxy) is 2. The highest BCUT2D eigenvalue weighted by atomic mass is 32.2. The Hall–Kier alpha value is -4.05. The van der Waals surface area contributed by atoms with E-state index in [1.54, 1.807) is 36.4 Å². The summed E-state index contributed by atoms with van der Waals surface area (Å²) in [7, 11) is -4.17.